The van der Waals surface area contributed by atoms with Crippen LogP contribution in [-0.4, -0.2) is 107 Å². The van der Waals surface area contributed by atoms with E-state index in [0.29, 0.717) is 29.9 Å². The van der Waals surface area contributed by atoms with E-state index in [4.69, 9.17) is 37.6 Å². The first-order chi connectivity index (χ1) is 28.3. The molecule has 4 N–H and O–H groups in total. The minimum atomic E-state index is -1.42. The number of carbonyl (C=O) groups excluding carboxylic acids is 1. The van der Waals surface area contributed by atoms with Crippen molar-refractivity contribution in [3.05, 3.63) is 100 Å². The maximum Gasteiger partial charge on any atom is 0.339 e. The highest BCUT2D eigenvalue weighted by Gasteiger charge is 2.76. The predicted octanol–water partition coefficient (Wildman–Crippen LogP) is 4.59. The van der Waals surface area contributed by atoms with Gasteiger partial charge in [0.15, 0.2) is 18.2 Å². The third kappa shape index (κ3) is 6.04. The van der Waals surface area contributed by atoms with Crippen molar-refractivity contribution in [3.63, 3.8) is 0 Å². The van der Waals surface area contributed by atoms with Crippen molar-refractivity contribution in [2.75, 3.05) is 14.2 Å². The Morgan fingerprint density at radius 2 is 1.25 bits per heavy atom. The average Bonchev–Trinajstić information content (AvgIpc) is 3.76. The normalized spacial score (nSPS) is 46.1. The lowest BCUT2D eigenvalue weighted by Gasteiger charge is -2.65. The minimum absolute atomic E-state index is 0.268. The number of ether oxygens (including phenoxy) is 7. The first kappa shape index (κ1) is 44.2. The van der Waals surface area contributed by atoms with E-state index < -0.39 is 106 Å². The van der Waals surface area contributed by atoms with Gasteiger partial charge in [-0.1, -0.05) is 68.5 Å². The predicted molar refractivity (Wildman–Crippen MR) is 217 cm³/mol. The molecular formula is C46H60O14. The second kappa shape index (κ2) is 15.5. The summed E-state index contributed by atoms with van der Waals surface area (Å²) in [5, 5.41) is 45.4. The Morgan fingerprint density at radius 3 is 1.75 bits per heavy atom. The molecule has 6 aliphatic rings. The Kier molecular flexibility index (Phi) is 11.4. The summed E-state index contributed by atoms with van der Waals surface area (Å²) in [7, 11) is 2.94. The molecule has 1 aromatic heterocycles. The van der Waals surface area contributed by atoms with E-state index in [-0.39, 0.29) is 5.76 Å². The molecular weight excluding hydrogens is 776 g/mol. The molecule has 328 valence electrons. The van der Waals surface area contributed by atoms with Crippen molar-refractivity contribution in [2.24, 2.45) is 22.2 Å². The summed E-state index contributed by atoms with van der Waals surface area (Å²) in [5.41, 5.74) is -7.23. The molecule has 1 aromatic rings. The Morgan fingerprint density at radius 1 is 0.733 bits per heavy atom. The lowest BCUT2D eigenvalue weighted by molar-refractivity contribution is -0.218. The van der Waals surface area contributed by atoms with Gasteiger partial charge in [0, 0.05) is 11.5 Å². The van der Waals surface area contributed by atoms with Crippen LogP contribution in [0, 0.1) is 29.1 Å². The first-order valence-electron chi connectivity index (χ1n) is 20.7. The lowest BCUT2D eigenvalue weighted by Crippen LogP contribution is -2.70. The zero-order valence-corrected chi connectivity index (χ0v) is 36.0. The fraction of sp³-hybridized carbons (Fsp3) is 0.609. The van der Waals surface area contributed by atoms with E-state index in [2.05, 4.69) is 0 Å². The molecule has 0 radical (unpaired) electrons. The molecule has 4 saturated heterocycles. The molecule has 0 spiro atoms. The molecule has 5 aliphatic heterocycles. The van der Waals surface area contributed by atoms with E-state index in [0.717, 1.165) is 0 Å². The van der Waals surface area contributed by atoms with E-state index in [9.17, 15) is 30.0 Å². The van der Waals surface area contributed by atoms with Crippen molar-refractivity contribution in [1.82, 2.24) is 0 Å². The van der Waals surface area contributed by atoms with Crippen LogP contribution in [0.1, 0.15) is 78.5 Å². The van der Waals surface area contributed by atoms with Gasteiger partial charge in [0.25, 0.3) is 0 Å². The fourth-order valence-corrected chi connectivity index (χ4v) is 10.9. The molecule has 14 heteroatoms. The molecule has 14 nitrogen and oxygen atoms in total. The van der Waals surface area contributed by atoms with Crippen molar-refractivity contribution in [3.8, 4) is 5.75 Å². The van der Waals surface area contributed by atoms with Gasteiger partial charge in [0.2, 0.25) is 0 Å². The number of aliphatic hydroxyl groups is 4. The highest BCUT2D eigenvalue weighted by molar-refractivity contribution is 5.86. The zero-order valence-electron chi connectivity index (χ0n) is 36.0. The number of aliphatic hydroxyl groups excluding tert-OH is 2. The summed E-state index contributed by atoms with van der Waals surface area (Å²) in [6.45, 7) is 14.4. The molecule has 7 rings (SSSR count). The van der Waals surface area contributed by atoms with E-state index in [1.165, 1.54) is 26.4 Å². The molecule has 6 heterocycles. The zero-order chi connectivity index (χ0) is 43.8. The van der Waals surface area contributed by atoms with Crippen molar-refractivity contribution >= 4 is 5.97 Å². The monoisotopic (exact) mass is 836 g/mol. The van der Waals surface area contributed by atoms with Gasteiger partial charge in [-0.3, -0.25) is 0 Å². The summed E-state index contributed by atoms with van der Waals surface area (Å²) in [6.07, 6.45) is 13.9. The summed E-state index contributed by atoms with van der Waals surface area (Å²) >= 11 is 0. The van der Waals surface area contributed by atoms with Crippen LogP contribution in [0.5, 0.6) is 5.75 Å². The van der Waals surface area contributed by atoms with Crippen LogP contribution in [0.25, 0.3) is 0 Å². The molecule has 60 heavy (non-hydrogen) atoms. The minimum Gasteiger partial charge on any atom is -0.500 e. The maximum absolute atomic E-state index is 13.3. The number of esters is 1. The quantitative estimate of drug-likeness (QED) is 0.169. The second-order valence-electron chi connectivity index (χ2n) is 17.8. The summed E-state index contributed by atoms with van der Waals surface area (Å²) in [6, 6.07) is 1.26. The van der Waals surface area contributed by atoms with Gasteiger partial charge in [0.1, 0.15) is 40.7 Å². The highest BCUT2D eigenvalue weighted by Crippen LogP contribution is 2.71. The van der Waals surface area contributed by atoms with E-state index >= 15 is 0 Å². The number of allylic oxidation sites excluding steroid dienone is 7. The van der Waals surface area contributed by atoms with Gasteiger partial charge < -0.3 is 58.0 Å². The number of rotatable bonds is 12. The van der Waals surface area contributed by atoms with Crippen molar-refractivity contribution in [1.29, 1.82) is 0 Å². The Bertz CT molecular complexity index is 2080. The standard InChI is InChI=1S/C46H60O14/c1-11-30-44(7,51)42(5)37(49)27(55-39(42)57-30)20-15-13-14-18-22-46-35(36-25(3)29(53-9)23-33(47)59-36)26(41(46,4)32(54-10)24-34(48)60-46)19-16-17-21-28-38(50)43(6)40(56-28)58-31(12-2)45(43,8)52/h13-24,26-28,30-31,35,37-40,49-52H,11-12H2,1-10H3/b14-13+,19-16+,20-15+,21-17+,22-18+/t26-,27-,28-,30-,31-,35+,37+,38+,39+,40+,41+,42+,43+,44+,45+,46+/m1/s1. The highest BCUT2D eigenvalue weighted by atomic mass is 16.7. The first-order valence-corrected chi connectivity index (χ1v) is 20.7. The van der Waals surface area contributed by atoms with Gasteiger partial charge in [-0.15, -0.1) is 0 Å². The molecule has 16 atom stereocenters. The smallest absolute Gasteiger partial charge is 0.339 e. The largest absolute Gasteiger partial charge is 0.500 e. The lowest BCUT2D eigenvalue weighted by atomic mass is 9.42. The fourth-order valence-electron chi connectivity index (χ4n) is 10.9. The number of hydrogen-bond acceptors (Lipinski definition) is 14. The Hall–Kier alpha value is -3.86. The molecule has 5 fully saturated rings. The molecule has 0 unspecified atom stereocenters. The number of hydrogen-bond donors (Lipinski definition) is 4. The van der Waals surface area contributed by atoms with Gasteiger partial charge in [-0.25, -0.2) is 9.59 Å². The Labute approximate surface area is 350 Å². The molecule has 0 bridgehead atoms. The average molecular weight is 837 g/mol. The summed E-state index contributed by atoms with van der Waals surface area (Å²) in [4.78, 5) is 26.3. The molecule has 0 amide bonds. The van der Waals surface area contributed by atoms with Crippen LogP contribution in [0.3, 0.4) is 0 Å². The third-order valence-corrected chi connectivity index (χ3v) is 15.1. The van der Waals surface area contributed by atoms with E-state index in [1.54, 1.807) is 89.3 Å². The van der Waals surface area contributed by atoms with Gasteiger partial charge >= 0.3 is 11.6 Å². The summed E-state index contributed by atoms with van der Waals surface area (Å²) in [5.74, 6) is -0.937. The number of fused-ring (bicyclic) bond motifs is 3. The Balaban J connectivity index is 1.18. The van der Waals surface area contributed by atoms with Crippen LogP contribution in [0.4, 0.5) is 0 Å². The topological polar surface area (TPSA) is 193 Å². The maximum atomic E-state index is 13.3. The third-order valence-electron chi connectivity index (χ3n) is 15.1. The summed E-state index contributed by atoms with van der Waals surface area (Å²) < 4.78 is 47.8. The van der Waals surface area contributed by atoms with Gasteiger partial charge in [-0.2, -0.15) is 0 Å². The number of carbonyl (C=O) groups is 1. The van der Waals surface area contributed by atoms with Gasteiger partial charge in [-0.05, 0) is 60.5 Å². The molecule has 1 saturated carbocycles. The SMILES string of the molecule is CC[C@H]1O[C@@H]2O[C@H](/C=C/C=C/C=C/[C@@]34OC(=O)C=C(OC)[C@]3(C)[C@H](/C=C/C=C/[C@H]3O[C@H]5O[C@H](CC)[C@](C)(O)[C@@]5(C)[C@H]3O)[C@H]4c3oc(=O)cc(OC)c3C)[C@H](O)[C@]2(C)[C@@]1(C)O. The molecule has 1 aliphatic carbocycles. The van der Waals surface area contributed by atoms with Crippen LogP contribution >= 0.6 is 0 Å². The van der Waals surface area contributed by atoms with Crippen LogP contribution in [-0.2, 0) is 33.2 Å². The van der Waals surface area contributed by atoms with Crippen LogP contribution in [0.15, 0.2) is 87.9 Å². The van der Waals surface area contributed by atoms with E-state index in [1.807, 2.05) is 26.8 Å². The molecule has 0 aromatic carbocycles. The number of methoxy groups -OCH3 is 2. The second-order valence-corrected chi connectivity index (χ2v) is 17.8. The van der Waals surface area contributed by atoms with Crippen LogP contribution in [0.2, 0.25) is 0 Å². The van der Waals surface area contributed by atoms with Crippen LogP contribution < -0.4 is 10.4 Å². The van der Waals surface area contributed by atoms with Gasteiger partial charge in [0.05, 0.1) is 72.9 Å². The van der Waals surface area contributed by atoms with Crippen molar-refractivity contribution < 1.29 is 62.8 Å². The van der Waals surface area contributed by atoms with Crippen molar-refractivity contribution in [2.45, 2.75) is 140 Å².